The topological polar surface area (TPSA) is 171 Å². The number of nitrogens with two attached hydrogens (primary N) is 4. The first-order chi connectivity index (χ1) is 17.4. The van der Waals surface area contributed by atoms with Crippen LogP contribution in [0, 0.1) is 11.3 Å². The predicted octanol–water partition coefficient (Wildman–Crippen LogP) is 2.86. The summed E-state index contributed by atoms with van der Waals surface area (Å²) in [6.07, 6.45) is -0.618. The second-order valence-corrected chi connectivity index (χ2v) is 7.98. The summed E-state index contributed by atoms with van der Waals surface area (Å²) in [4.78, 5) is 4.64. The van der Waals surface area contributed by atoms with Gasteiger partial charge >= 0.3 is 0 Å². The van der Waals surface area contributed by atoms with Crippen LogP contribution in [0.1, 0.15) is 18.1 Å². The fourth-order valence-corrected chi connectivity index (χ4v) is 3.64. The summed E-state index contributed by atoms with van der Waals surface area (Å²) in [5.74, 6) is 7.67. The summed E-state index contributed by atoms with van der Waals surface area (Å²) in [5.41, 5.74) is 21.3. The Morgan fingerprint density at radius 2 is 1.64 bits per heavy atom. The third kappa shape index (κ3) is 5.60. The number of hydrazine groups is 1. The average Bonchev–Trinajstić information content (AvgIpc) is 2.85. The van der Waals surface area contributed by atoms with Gasteiger partial charge in [0.1, 0.15) is 22.9 Å². The Bertz CT molecular complexity index is 1330. The van der Waals surface area contributed by atoms with E-state index in [2.05, 4.69) is 11.1 Å². The number of allylic oxidation sites excluding steroid dienone is 1. The molecule has 0 aromatic heterocycles. The number of ether oxygens (including phenoxy) is 3. The zero-order valence-corrected chi connectivity index (χ0v) is 19.7. The van der Waals surface area contributed by atoms with Gasteiger partial charge in [-0.25, -0.2) is 15.8 Å². The molecule has 0 bridgehead atoms. The Kier molecular flexibility index (Phi) is 7.13. The van der Waals surface area contributed by atoms with E-state index in [1.165, 1.54) is 5.01 Å². The van der Waals surface area contributed by atoms with Gasteiger partial charge in [-0.2, -0.15) is 5.26 Å². The van der Waals surface area contributed by atoms with Crippen molar-refractivity contribution in [1.29, 1.82) is 5.26 Å². The Morgan fingerprint density at radius 1 is 0.944 bits per heavy atom. The van der Waals surface area contributed by atoms with E-state index in [1.54, 1.807) is 36.4 Å². The van der Waals surface area contributed by atoms with Gasteiger partial charge in [0.05, 0.1) is 24.0 Å². The highest BCUT2D eigenvalue weighted by Gasteiger charge is 2.31. The highest BCUT2D eigenvalue weighted by Crippen LogP contribution is 2.29. The van der Waals surface area contributed by atoms with Gasteiger partial charge in [-0.05, 0) is 30.7 Å². The Morgan fingerprint density at radius 3 is 2.31 bits per heavy atom. The third-order valence-electron chi connectivity index (χ3n) is 5.22. The summed E-state index contributed by atoms with van der Waals surface area (Å²) in [7, 11) is 0. The molecular weight excluding hydrogens is 458 g/mol. The Balaban J connectivity index is 1.72. The lowest BCUT2D eigenvalue weighted by Crippen LogP contribution is -2.49. The number of nitrogens with zero attached hydrogens (tertiary/aromatic N) is 3. The summed E-state index contributed by atoms with van der Waals surface area (Å²) in [6.45, 7) is 2.27. The first-order valence-electron chi connectivity index (χ1n) is 11.2. The van der Waals surface area contributed by atoms with E-state index in [0.29, 0.717) is 52.9 Å². The number of benzene rings is 3. The van der Waals surface area contributed by atoms with Gasteiger partial charge in [0.2, 0.25) is 5.88 Å². The largest absolute Gasteiger partial charge is 0.494 e. The van der Waals surface area contributed by atoms with Crippen LogP contribution in [0.4, 0.5) is 11.4 Å². The first kappa shape index (κ1) is 24.3. The molecule has 1 aliphatic heterocycles. The van der Waals surface area contributed by atoms with Crippen molar-refractivity contribution >= 4 is 17.1 Å². The minimum Gasteiger partial charge on any atom is -0.494 e. The molecular formula is C26H27N7O3. The summed E-state index contributed by atoms with van der Waals surface area (Å²) in [5, 5.41) is 10.6. The van der Waals surface area contributed by atoms with Crippen LogP contribution in [0.15, 0.2) is 83.3 Å². The molecule has 1 heterocycles. The molecule has 4 rings (SSSR count). The van der Waals surface area contributed by atoms with Crippen LogP contribution in [-0.4, -0.2) is 23.7 Å². The molecule has 8 N–H and O–H groups in total. The monoisotopic (exact) mass is 485 g/mol. The molecule has 0 fully saturated rings. The molecule has 1 aliphatic rings. The van der Waals surface area contributed by atoms with Crippen LogP contribution >= 0.6 is 0 Å². The molecule has 0 saturated carbocycles. The van der Waals surface area contributed by atoms with Crippen molar-refractivity contribution in [2.24, 2.45) is 16.6 Å². The van der Waals surface area contributed by atoms with Gasteiger partial charge in [0.25, 0.3) is 6.35 Å². The molecule has 10 heteroatoms. The van der Waals surface area contributed by atoms with Crippen LogP contribution < -0.4 is 37.3 Å². The maximum Gasteiger partial charge on any atom is 0.286 e. The lowest BCUT2D eigenvalue weighted by Gasteiger charge is -2.33. The van der Waals surface area contributed by atoms with Crippen molar-refractivity contribution in [2.45, 2.75) is 19.7 Å². The molecule has 0 aliphatic carbocycles. The van der Waals surface area contributed by atoms with E-state index in [0.717, 1.165) is 5.56 Å². The molecule has 0 saturated heterocycles. The first-order valence-corrected chi connectivity index (χ1v) is 11.2. The van der Waals surface area contributed by atoms with Gasteiger partial charge in [0, 0.05) is 36.0 Å². The van der Waals surface area contributed by atoms with E-state index in [-0.39, 0.29) is 11.6 Å². The number of aliphatic imine (C=N–C) groups is 1. The van der Waals surface area contributed by atoms with Crippen molar-refractivity contribution < 1.29 is 14.2 Å². The SMILES string of the molecule is CCOc1cc(C#N)cc(OC2=C(N)C(Cc3ccccc3)=NC(Oc3cc(N)cc(N)c3)N2N)c1. The number of nitrogen functional groups attached to an aromatic ring is 2. The number of hydrogen-bond acceptors (Lipinski definition) is 10. The van der Waals surface area contributed by atoms with Crippen molar-refractivity contribution in [2.75, 3.05) is 18.1 Å². The molecule has 0 spiro atoms. The fourth-order valence-electron chi connectivity index (χ4n) is 3.64. The van der Waals surface area contributed by atoms with Crippen molar-refractivity contribution in [3.05, 3.63) is 89.4 Å². The van der Waals surface area contributed by atoms with Gasteiger partial charge in [0.15, 0.2) is 0 Å². The highest BCUT2D eigenvalue weighted by atomic mass is 16.5. The number of rotatable bonds is 8. The minimum atomic E-state index is -1.03. The molecule has 36 heavy (non-hydrogen) atoms. The zero-order valence-electron chi connectivity index (χ0n) is 19.7. The van der Waals surface area contributed by atoms with Gasteiger partial charge in [-0.3, -0.25) is 0 Å². The molecule has 10 nitrogen and oxygen atoms in total. The summed E-state index contributed by atoms with van der Waals surface area (Å²) >= 11 is 0. The lowest BCUT2D eigenvalue weighted by molar-refractivity contribution is 0.0227. The Labute approximate surface area is 208 Å². The van der Waals surface area contributed by atoms with E-state index in [9.17, 15) is 5.26 Å². The maximum absolute atomic E-state index is 9.43. The van der Waals surface area contributed by atoms with Crippen LogP contribution in [-0.2, 0) is 6.42 Å². The van der Waals surface area contributed by atoms with E-state index in [4.69, 9.17) is 37.3 Å². The Hall–Kier alpha value is -4.88. The second-order valence-electron chi connectivity index (χ2n) is 7.98. The van der Waals surface area contributed by atoms with E-state index in [1.807, 2.05) is 37.3 Å². The van der Waals surface area contributed by atoms with E-state index >= 15 is 0 Å². The maximum atomic E-state index is 9.43. The molecule has 1 unspecified atom stereocenters. The predicted molar refractivity (Wildman–Crippen MR) is 137 cm³/mol. The van der Waals surface area contributed by atoms with Crippen molar-refractivity contribution in [3.63, 3.8) is 0 Å². The van der Waals surface area contributed by atoms with Crippen LogP contribution in [0.3, 0.4) is 0 Å². The molecule has 0 amide bonds. The molecule has 3 aromatic carbocycles. The van der Waals surface area contributed by atoms with Crippen LogP contribution in [0.2, 0.25) is 0 Å². The van der Waals surface area contributed by atoms with Gasteiger partial charge in [-0.1, -0.05) is 30.3 Å². The van der Waals surface area contributed by atoms with E-state index < -0.39 is 6.35 Å². The van der Waals surface area contributed by atoms with Crippen molar-refractivity contribution in [3.8, 4) is 23.3 Å². The summed E-state index contributed by atoms with van der Waals surface area (Å²) < 4.78 is 17.7. The number of hydrogen-bond donors (Lipinski definition) is 4. The molecule has 184 valence electrons. The second kappa shape index (κ2) is 10.6. The van der Waals surface area contributed by atoms with Crippen LogP contribution in [0.5, 0.6) is 17.2 Å². The third-order valence-corrected chi connectivity index (χ3v) is 5.22. The van der Waals surface area contributed by atoms with Gasteiger partial charge < -0.3 is 31.4 Å². The van der Waals surface area contributed by atoms with Gasteiger partial charge in [-0.15, -0.1) is 0 Å². The normalized spacial score (nSPS) is 15.2. The molecule has 3 aromatic rings. The smallest absolute Gasteiger partial charge is 0.286 e. The zero-order chi connectivity index (χ0) is 25.7. The highest BCUT2D eigenvalue weighted by molar-refractivity contribution is 6.01. The molecule has 0 radical (unpaired) electrons. The average molecular weight is 486 g/mol. The number of nitriles is 1. The standard InChI is InChI=1S/C26H27N7O3/c1-2-34-20-8-17(15-27)9-21(14-20)35-25-24(30)23(10-16-6-4-3-5-7-16)32-26(33(25)31)36-22-12-18(28)11-19(29)13-22/h3-9,11-14,26H,2,10,28-31H2,1H3. The minimum absolute atomic E-state index is 0.107. The quantitative estimate of drug-likeness (QED) is 0.276. The number of anilines is 2. The summed E-state index contributed by atoms with van der Waals surface area (Å²) in [6, 6.07) is 21.5. The lowest BCUT2D eigenvalue weighted by atomic mass is 10.1. The van der Waals surface area contributed by atoms with Crippen LogP contribution in [0.25, 0.3) is 0 Å². The molecule has 1 atom stereocenters. The van der Waals surface area contributed by atoms with Crippen molar-refractivity contribution in [1.82, 2.24) is 5.01 Å². The fraction of sp³-hybridized carbons (Fsp3) is 0.154.